The smallest absolute Gasteiger partial charge is 0.141 e. The van der Waals surface area contributed by atoms with Crippen LogP contribution in [0.3, 0.4) is 0 Å². The lowest BCUT2D eigenvalue weighted by Crippen LogP contribution is -2.07. The largest absolute Gasteiger partial charge is 0.361 e. The molecule has 2 heterocycles. The fourth-order valence-electron chi connectivity index (χ4n) is 1.33. The average Bonchev–Trinajstić information content (AvgIpc) is 2.59. The van der Waals surface area contributed by atoms with E-state index in [1.54, 1.807) is 6.20 Å². The van der Waals surface area contributed by atoms with E-state index in [4.69, 9.17) is 4.52 Å². The van der Waals surface area contributed by atoms with Gasteiger partial charge in [-0.2, -0.15) is 0 Å². The highest BCUT2D eigenvalue weighted by Gasteiger charge is 2.18. The standard InChI is InChI=1S/C7H10N2O/c1-3-8-5-6(1)7-2-4-9-10-7/h2,4,6,8H,1,3,5H2/t6-/m0/s1. The molecular weight excluding hydrogens is 128 g/mol. The maximum atomic E-state index is 5.03. The minimum Gasteiger partial charge on any atom is -0.361 e. The van der Waals surface area contributed by atoms with Crippen molar-refractivity contribution in [2.24, 2.45) is 0 Å². The van der Waals surface area contributed by atoms with Gasteiger partial charge in [-0.15, -0.1) is 0 Å². The number of hydrogen-bond acceptors (Lipinski definition) is 3. The first-order valence-corrected chi connectivity index (χ1v) is 3.58. The fraction of sp³-hybridized carbons (Fsp3) is 0.571. The predicted molar refractivity (Wildman–Crippen MR) is 36.7 cm³/mol. The highest BCUT2D eigenvalue weighted by atomic mass is 16.5. The number of nitrogens with zero attached hydrogens (tertiary/aromatic N) is 1. The van der Waals surface area contributed by atoms with Crippen LogP contribution >= 0.6 is 0 Å². The molecule has 0 radical (unpaired) electrons. The van der Waals surface area contributed by atoms with Crippen molar-refractivity contribution in [1.82, 2.24) is 10.5 Å². The van der Waals surface area contributed by atoms with E-state index in [-0.39, 0.29) is 0 Å². The van der Waals surface area contributed by atoms with Crippen LogP contribution < -0.4 is 5.32 Å². The molecule has 0 bridgehead atoms. The molecule has 0 aliphatic carbocycles. The summed E-state index contributed by atoms with van der Waals surface area (Å²) in [6.07, 6.45) is 2.88. The van der Waals surface area contributed by atoms with Gasteiger partial charge in [-0.05, 0) is 13.0 Å². The Hall–Kier alpha value is -0.830. The van der Waals surface area contributed by atoms with E-state index < -0.39 is 0 Å². The molecule has 10 heavy (non-hydrogen) atoms. The lowest BCUT2D eigenvalue weighted by Gasteiger charge is -1.99. The van der Waals surface area contributed by atoms with Gasteiger partial charge in [-0.3, -0.25) is 0 Å². The third kappa shape index (κ3) is 0.926. The van der Waals surface area contributed by atoms with E-state index in [0.29, 0.717) is 5.92 Å². The lowest BCUT2D eigenvalue weighted by molar-refractivity contribution is 0.365. The van der Waals surface area contributed by atoms with E-state index in [0.717, 1.165) is 18.8 Å². The summed E-state index contributed by atoms with van der Waals surface area (Å²) in [5, 5.41) is 6.94. The van der Waals surface area contributed by atoms with Crippen molar-refractivity contribution >= 4 is 0 Å². The van der Waals surface area contributed by atoms with Crippen LogP contribution in [0.1, 0.15) is 18.1 Å². The van der Waals surface area contributed by atoms with Gasteiger partial charge in [-0.25, -0.2) is 0 Å². The molecule has 1 atom stereocenters. The maximum Gasteiger partial charge on any atom is 0.141 e. The molecular formula is C7H10N2O. The zero-order valence-electron chi connectivity index (χ0n) is 5.71. The van der Waals surface area contributed by atoms with Crippen molar-refractivity contribution in [1.29, 1.82) is 0 Å². The maximum absolute atomic E-state index is 5.03. The highest BCUT2D eigenvalue weighted by Crippen LogP contribution is 2.20. The van der Waals surface area contributed by atoms with Gasteiger partial charge >= 0.3 is 0 Å². The SMILES string of the molecule is c1cc([C@H]2CCNC2)on1. The van der Waals surface area contributed by atoms with E-state index in [9.17, 15) is 0 Å². The molecule has 3 heteroatoms. The zero-order chi connectivity index (χ0) is 6.81. The molecule has 54 valence electrons. The molecule has 0 unspecified atom stereocenters. The van der Waals surface area contributed by atoms with Crippen LogP contribution in [0.4, 0.5) is 0 Å². The van der Waals surface area contributed by atoms with Crippen LogP contribution in [0, 0.1) is 0 Å². The van der Waals surface area contributed by atoms with Gasteiger partial charge in [0.1, 0.15) is 5.76 Å². The minimum absolute atomic E-state index is 0.558. The van der Waals surface area contributed by atoms with Crippen molar-refractivity contribution < 1.29 is 4.52 Å². The summed E-state index contributed by atoms with van der Waals surface area (Å²) in [5.74, 6) is 1.58. The van der Waals surface area contributed by atoms with E-state index in [2.05, 4.69) is 10.5 Å². The Morgan fingerprint density at radius 2 is 2.70 bits per heavy atom. The normalized spacial score (nSPS) is 25.4. The third-order valence-electron chi connectivity index (χ3n) is 1.92. The van der Waals surface area contributed by atoms with Crippen molar-refractivity contribution in [3.05, 3.63) is 18.0 Å². The molecule has 0 spiro atoms. The third-order valence-corrected chi connectivity index (χ3v) is 1.92. The molecule has 1 aliphatic heterocycles. The Balaban J connectivity index is 2.12. The van der Waals surface area contributed by atoms with Gasteiger partial charge in [0, 0.05) is 18.5 Å². The second kappa shape index (κ2) is 2.42. The van der Waals surface area contributed by atoms with Gasteiger partial charge < -0.3 is 9.84 Å². The van der Waals surface area contributed by atoms with Crippen LogP contribution in [0.15, 0.2) is 16.8 Å². The van der Waals surface area contributed by atoms with Gasteiger partial charge in [-0.1, -0.05) is 5.16 Å². The number of nitrogens with one attached hydrogen (secondary N) is 1. The molecule has 0 aromatic carbocycles. The van der Waals surface area contributed by atoms with Crippen molar-refractivity contribution in [2.45, 2.75) is 12.3 Å². The molecule has 1 saturated heterocycles. The second-order valence-corrected chi connectivity index (χ2v) is 2.60. The molecule has 0 amide bonds. The monoisotopic (exact) mass is 138 g/mol. The molecule has 1 fully saturated rings. The molecule has 1 aromatic heterocycles. The van der Waals surface area contributed by atoms with Crippen molar-refractivity contribution in [2.75, 3.05) is 13.1 Å². The summed E-state index contributed by atoms with van der Waals surface area (Å²) in [7, 11) is 0. The first-order valence-electron chi connectivity index (χ1n) is 3.58. The first-order chi connectivity index (χ1) is 4.97. The van der Waals surface area contributed by atoms with Crippen LogP contribution in [-0.4, -0.2) is 18.2 Å². The van der Waals surface area contributed by atoms with Crippen LogP contribution in [0.25, 0.3) is 0 Å². The van der Waals surface area contributed by atoms with E-state index in [1.165, 1.54) is 6.42 Å². The quantitative estimate of drug-likeness (QED) is 0.622. The Bertz CT molecular complexity index is 189. The molecule has 1 aromatic rings. The van der Waals surface area contributed by atoms with Crippen LogP contribution in [-0.2, 0) is 0 Å². The van der Waals surface area contributed by atoms with E-state index in [1.807, 2.05) is 6.07 Å². The molecule has 2 rings (SSSR count). The summed E-state index contributed by atoms with van der Waals surface area (Å²) in [6, 6.07) is 1.94. The number of aromatic nitrogens is 1. The predicted octanol–water partition coefficient (Wildman–Crippen LogP) is 0.751. The molecule has 3 nitrogen and oxygen atoms in total. The number of hydrogen-bond donors (Lipinski definition) is 1. The lowest BCUT2D eigenvalue weighted by atomic mass is 10.1. The zero-order valence-corrected chi connectivity index (χ0v) is 5.71. The Morgan fingerprint density at radius 1 is 1.70 bits per heavy atom. The average molecular weight is 138 g/mol. The summed E-state index contributed by atoms with van der Waals surface area (Å²) in [6.45, 7) is 2.14. The second-order valence-electron chi connectivity index (χ2n) is 2.60. The van der Waals surface area contributed by atoms with Gasteiger partial charge in [0.25, 0.3) is 0 Å². The minimum atomic E-state index is 0.558. The van der Waals surface area contributed by atoms with Gasteiger partial charge in [0.15, 0.2) is 0 Å². The summed E-state index contributed by atoms with van der Waals surface area (Å²) in [5.41, 5.74) is 0. The summed E-state index contributed by atoms with van der Waals surface area (Å²) < 4.78 is 5.03. The van der Waals surface area contributed by atoms with Crippen LogP contribution in [0.5, 0.6) is 0 Å². The summed E-state index contributed by atoms with van der Waals surface area (Å²) >= 11 is 0. The Kier molecular flexibility index (Phi) is 1.43. The Morgan fingerprint density at radius 3 is 3.30 bits per heavy atom. The molecule has 1 aliphatic rings. The molecule has 1 N–H and O–H groups in total. The first kappa shape index (κ1) is 5.92. The molecule has 0 saturated carbocycles. The van der Waals surface area contributed by atoms with Gasteiger partial charge in [0.05, 0.1) is 6.20 Å². The Labute approximate surface area is 59.4 Å². The highest BCUT2D eigenvalue weighted by molar-refractivity contribution is 5.04. The van der Waals surface area contributed by atoms with E-state index >= 15 is 0 Å². The topological polar surface area (TPSA) is 38.1 Å². The van der Waals surface area contributed by atoms with Crippen LogP contribution in [0.2, 0.25) is 0 Å². The number of rotatable bonds is 1. The fourth-order valence-corrected chi connectivity index (χ4v) is 1.33. The summed E-state index contributed by atoms with van der Waals surface area (Å²) in [4.78, 5) is 0. The van der Waals surface area contributed by atoms with Crippen molar-refractivity contribution in [3.63, 3.8) is 0 Å². The van der Waals surface area contributed by atoms with Crippen molar-refractivity contribution in [3.8, 4) is 0 Å². The van der Waals surface area contributed by atoms with Gasteiger partial charge in [0.2, 0.25) is 0 Å².